The molecule has 3 aromatic rings. The Labute approximate surface area is 163 Å². The van der Waals surface area contributed by atoms with Crippen LogP contribution in [-0.2, 0) is 5.75 Å². The van der Waals surface area contributed by atoms with Gasteiger partial charge in [0.1, 0.15) is 5.75 Å². The molecule has 1 aliphatic rings. The molecule has 7 heteroatoms. The van der Waals surface area contributed by atoms with Gasteiger partial charge >= 0.3 is 0 Å². The van der Waals surface area contributed by atoms with E-state index in [0.717, 1.165) is 22.2 Å². The van der Waals surface area contributed by atoms with Crippen LogP contribution >= 0.6 is 11.8 Å². The van der Waals surface area contributed by atoms with E-state index >= 15 is 0 Å². The van der Waals surface area contributed by atoms with Gasteiger partial charge in [0.05, 0.1) is 18.6 Å². The quantitative estimate of drug-likeness (QED) is 0.559. The van der Waals surface area contributed by atoms with Crippen molar-refractivity contribution in [1.82, 2.24) is 19.7 Å². The van der Waals surface area contributed by atoms with Gasteiger partial charge in [0.2, 0.25) is 11.7 Å². The summed E-state index contributed by atoms with van der Waals surface area (Å²) >= 11 is 1.67. The molecule has 1 saturated carbocycles. The molecule has 2 heterocycles. The largest absolute Gasteiger partial charge is 0.497 e. The molecule has 1 aliphatic carbocycles. The number of imidazole rings is 1. The van der Waals surface area contributed by atoms with Crippen LogP contribution < -0.4 is 4.74 Å². The normalized spacial score (nSPS) is 14.8. The Morgan fingerprint density at radius 1 is 1.22 bits per heavy atom. The van der Waals surface area contributed by atoms with E-state index in [9.17, 15) is 0 Å². The maximum atomic E-state index is 5.46. The Balaban J connectivity index is 1.50. The summed E-state index contributed by atoms with van der Waals surface area (Å²) < 4.78 is 13.1. The molecule has 1 aromatic carbocycles. The van der Waals surface area contributed by atoms with Crippen LogP contribution in [0, 0.1) is 13.8 Å². The van der Waals surface area contributed by atoms with E-state index in [0.29, 0.717) is 23.5 Å². The molecule has 0 aliphatic heterocycles. The number of rotatable bonds is 6. The molecule has 0 bridgehead atoms. The number of methoxy groups -OCH3 is 1. The first-order valence-corrected chi connectivity index (χ1v) is 10.3. The van der Waals surface area contributed by atoms with Gasteiger partial charge in [0, 0.05) is 17.3 Å². The van der Waals surface area contributed by atoms with Crippen molar-refractivity contribution in [3.8, 4) is 17.1 Å². The number of hydrogen-bond acceptors (Lipinski definition) is 6. The van der Waals surface area contributed by atoms with E-state index in [4.69, 9.17) is 14.2 Å². The molecule has 0 saturated heterocycles. The molecule has 142 valence electrons. The molecule has 1 fully saturated rings. The molecule has 4 rings (SSSR count). The van der Waals surface area contributed by atoms with Crippen LogP contribution in [0.3, 0.4) is 0 Å². The van der Waals surface area contributed by atoms with Crippen molar-refractivity contribution in [2.75, 3.05) is 7.11 Å². The molecule has 0 unspecified atom stereocenters. The molecule has 6 nitrogen and oxygen atoms in total. The van der Waals surface area contributed by atoms with Gasteiger partial charge in [-0.3, -0.25) is 0 Å². The zero-order valence-electron chi connectivity index (χ0n) is 15.9. The second-order valence-corrected chi connectivity index (χ2v) is 7.85. The Hall–Kier alpha value is -2.28. The van der Waals surface area contributed by atoms with Crippen LogP contribution in [0.15, 0.2) is 33.9 Å². The molecule has 0 amide bonds. The van der Waals surface area contributed by atoms with E-state index < -0.39 is 0 Å². The molecule has 0 N–H and O–H groups in total. The highest BCUT2D eigenvalue weighted by molar-refractivity contribution is 7.98. The van der Waals surface area contributed by atoms with Crippen molar-refractivity contribution in [3.63, 3.8) is 0 Å². The third-order valence-corrected chi connectivity index (χ3v) is 6.10. The van der Waals surface area contributed by atoms with Crippen LogP contribution in [0.4, 0.5) is 0 Å². The predicted molar refractivity (Wildman–Crippen MR) is 105 cm³/mol. The van der Waals surface area contributed by atoms with Gasteiger partial charge in [-0.15, -0.1) is 0 Å². The lowest BCUT2D eigenvalue weighted by atomic mass is 10.2. The fraction of sp³-hybridized carbons (Fsp3) is 0.450. The number of hydrogen-bond donors (Lipinski definition) is 0. The maximum absolute atomic E-state index is 5.46. The summed E-state index contributed by atoms with van der Waals surface area (Å²) in [5.41, 5.74) is 3.26. The summed E-state index contributed by atoms with van der Waals surface area (Å²) in [7, 11) is 1.65. The standard InChI is InChI=1S/C20H24N4O2S/c1-13-14(2)24(16-8-4-5-9-16)20(21-13)27-12-18-22-19(23-26-18)15-7-6-10-17(11-15)25-3/h6-7,10-11,16H,4-5,8-9,12H2,1-3H3. The minimum absolute atomic E-state index is 0.573. The van der Waals surface area contributed by atoms with Gasteiger partial charge in [-0.1, -0.05) is 41.9 Å². The van der Waals surface area contributed by atoms with E-state index in [1.807, 2.05) is 24.3 Å². The maximum Gasteiger partial charge on any atom is 0.237 e. The average molecular weight is 385 g/mol. The first-order valence-electron chi connectivity index (χ1n) is 9.31. The first-order chi connectivity index (χ1) is 13.2. The number of nitrogens with zero attached hydrogens (tertiary/aromatic N) is 4. The smallest absolute Gasteiger partial charge is 0.237 e. The zero-order valence-corrected chi connectivity index (χ0v) is 16.8. The molecular formula is C20H24N4O2S. The lowest BCUT2D eigenvalue weighted by Gasteiger charge is -2.16. The Bertz CT molecular complexity index is 928. The summed E-state index contributed by atoms with van der Waals surface area (Å²) in [5, 5.41) is 5.17. The average Bonchev–Trinajstić information content (AvgIpc) is 3.42. The lowest BCUT2D eigenvalue weighted by Crippen LogP contribution is -2.08. The molecule has 0 atom stereocenters. The topological polar surface area (TPSA) is 66.0 Å². The van der Waals surface area contributed by atoms with Crippen LogP contribution in [0.1, 0.15) is 49.0 Å². The molecule has 0 radical (unpaired) electrons. The van der Waals surface area contributed by atoms with Gasteiger partial charge in [-0.05, 0) is 38.8 Å². The molecule has 0 spiro atoms. The van der Waals surface area contributed by atoms with E-state index in [2.05, 4.69) is 28.6 Å². The number of thioether (sulfide) groups is 1. The Kier molecular flexibility index (Phi) is 5.20. The van der Waals surface area contributed by atoms with E-state index in [-0.39, 0.29) is 0 Å². The molecular weight excluding hydrogens is 360 g/mol. The van der Waals surface area contributed by atoms with Crippen molar-refractivity contribution in [2.24, 2.45) is 0 Å². The highest BCUT2D eigenvalue weighted by Gasteiger charge is 2.23. The van der Waals surface area contributed by atoms with Crippen molar-refractivity contribution >= 4 is 11.8 Å². The lowest BCUT2D eigenvalue weighted by molar-refractivity contribution is 0.391. The minimum Gasteiger partial charge on any atom is -0.497 e. The molecule has 27 heavy (non-hydrogen) atoms. The van der Waals surface area contributed by atoms with Crippen LogP contribution in [-0.4, -0.2) is 26.8 Å². The first kappa shape index (κ1) is 18.1. The number of aromatic nitrogens is 4. The van der Waals surface area contributed by atoms with Crippen molar-refractivity contribution in [3.05, 3.63) is 41.5 Å². The predicted octanol–water partition coefficient (Wildman–Crippen LogP) is 4.97. The summed E-state index contributed by atoms with van der Waals surface area (Å²) in [6.45, 7) is 4.25. The van der Waals surface area contributed by atoms with Crippen molar-refractivity contribution < 1.29 is 9.26 Å². The summed E-state index contributed by atoms with van der Waals surface area (Å²) in [6.07, 6.45) is 5.09. The van der Waals surface area contributed by atoms with Gasteiger partial charge < -0.3 is 13.8 Å². The van der Waals surface area contributed by atoms with Crippen LogP contribution in [0.2, 0.25) is 0 Å². The third kappa shape index (κ3) is 3.74. The fourth-order valence-corrected chi connectivity index (χ4v) is 4.61. The highest BCUT2D eigenvalue weighted by Crippen LogP contribution is 2.36. The SMILES string of the molecule is COc1cccc(-c2noc(CSc3nc(C)c(C)n3C3CCCC3)n2)c1. The van der Waals surface area contributed by atoms with Crippen LogP contribution in [0.5, 0.6) is 5.75 Å². The van der Waals surface area contributed by atoms with Gasteiger partial charge in [0.25, 0.3) is 0 Å². The van der Waals surface area contributed by atoms with Crippen molar-refractivity contribution in [2.45, 2.75) is 56.5 Å². The summed E-state index contributed by atoms with van der Waals surface area (Å²) in [6, 6.07) is 8.24. The Morgan fingerprint density at radius 2 is 2.04 bits per heavy atom. The third-order valence-electron chi connectivity index (χ3n) is 5.17. The Morgan fingerprint density at radius 3 is 2.81 bits per heavy atom. The van der Waals surface area contributed by atoms with Gasteiger partial charge in [-0.2, -0.15) is 4.98 Å². The fourth-order valence-electron chi connectivity index (χ4n) is 3.61. The summed E-state index contributed by atoms with van der Waals surface area (Å²) in [5.74, 6) is 2.57. The number of aryl methyl sites for hydroxylation is 1. The van der Waals surface area contributed by atoms with E-state index in [1.165, 1.54) is 31.4 Å². The number of benzene rings is 1. The molecule has 2 aromatic heterocycles. The minimum atomic E-state index is 0.573. The monoisotopic (exact) mass is 384 g/mol. The highest BCUT2D eigenvalue weighted by atomic mass is 32.2. The zero-order chi connectivity index (χ0) is 18.8. The van der Waals surface area contributed by atoms with Crippen LogP contribution in [0.25, 0.3) is 11.4 Å². The summed E-state index contributed by atoms with van der Waals surface area (Å²) in [4.78, 5) is 9.31. The van der Waals surface area contributed by atoms with Crippen molar-refractivity contribution in [1.29, 1.82) is 0 Å². The number of ether oxygens (including phenoxy) is 1. The van der Waals surface area contributed by atoms with E-state index in [1.54, 1.807) is 18.9 Å². The van der Waals surface area contributed by atoms with Gasteiger partial charge in [-0.25, -0.2) is 4.98 Å². The second kappa shape index (κ2) is 7.76. The second-order valence-electron chi connectivity index (χ2n) is 6.91. The van der Waals surface area contributed by atoms with Gasteiger partial charge in [0.15, 0.2) is 5.16 Å².